The minimum absolute atomic E-state index is 0.354. The fraction of sp³-hybridized carbons (Fsp3) is 0.500. The molecule has 2 atom stereocenters. The first-order valence-electron chi connectivity index (χ1n) is 7.13. The van der Waals surface area contributed by atoms with Crippen LogP contribution in [0.2, 0.25) is 0 Å². The maximum atomic E-state index is 12.1. The van der Waals surface area contributed by atoms with Gasteiger partial charge in [-0.15, -0.1) is 0 Å². The topological polar surface area (TPSA) is 90.6 Å². The third-order valence-electron chi connectivity index (χ3n) is 3.60. The molecule has 3 N–H and O–H groups in total. The van der Waals surface area contributed by atoms with Gasteiger partial charge in [-0.25, -0.2) is 4.79 Å². The number of anilines is 1. The van der Waals surface area contributed by atoms with Gasteiger partial charge in [0.05, 0.1) is 18.6 Å². The van der Waals surface area contributed by atoms with Crippen molar-refractivity contribution in [1.29, 1.82) is 0 Å². The van der Waals surface area contributed by atoms with E-state index in [4.69, 9.17) is 15.2 Å². The average Bonchev–Trinajstić information content (AvgIpc) is 3.11. The fourth-order valence-electron chi connectivity index (χ4n) is 2.49. The van der Waals surface area contributed by atoms with Gasteiger partial charge in [0, 0.05) is 5.69 Å². The molecule has 0 aromatic heterocycles. The van der Waals surface area contributed by atoms with Crippen LogP contribution in [0.1, 0.15) is 32.8 Å². The van der Waals surface area contributed by atoms with Crippen LogP contribution >= 0.6 is 0 Å². The number of rotatable bonds is 3. The van der Waals surface area contributed by atoms with E-state index in [0.717, 1.165) is 5.56 Å². The Morgan fingerprint density at radius 2 is 1.86 bits per heavy atom. The summed E-state index contributed by atoms with van der Waals surface area (Å²) < 4.78 is 10.1. The Labute approximate surface area is 130 Å². The van der Waals surface area contributed by atoms with Crippen molar-refractivity contribution in [1.82, 2.24) is 5.32 Å². The van der Waals surface area contributed by atoms with E-state index >= 15 is 0 Å². The molecule has 1 aliphatic rings. The number of ether oxygens (including phenoxy) is 2. The number of hydrogen-bond acceptors (Lipinski definition) is 5. The Morgan fingerprint density at radius 1 is 1.27 bits per heavy atom. The summed E-state index contributed by atoms with van der Waals surface area (Å²) in [7, 11) is 1.34. The number of nitrogen functional groups attached to an aromatic ring is 1. The van der Waals surface area contributed by atoms with E-state index in [9.17, 15) is 9.59 Å². The standard InChI is InChI=1S/C16H22N2O4/c1-15(2,3)22-14(20)18-16(9-12(16)13(19)21-4)10-5-7-11(17)8-6-10/h5-8,12H,9,17H2,1-4H3,(H,18,20)/t12-,16-/m0/s1. The number of nitrogens with one attached hydrogen (secondary N) is 1. The molecule has 0 spiro atoms. The van der Waals surface area contributed by atoms with E-state index < -0.39 is 23.2 Å². The summed E-state index contributed by atoms with van der Waals surface area (Å²) >= 11 is 0. The number of carbonyl (C=O) groups is 2. The van der Waals surface area contributed by atoms with Gasteiger partial charge in [-0.3, -0.25) is 4.79 Å². The molecule has 22 heavy (non-hydrogen) atoms. The van der Waals surface area contributed by atoms with Crippen LogP contribution in [0.25, 0.3) is 0 Å². The molecule has 2 rings (SSSR count). The van der Waals surface area contributed by atoms with Gasteiger partial charge < -0.3 is 20.5 Å². The molecule has 1 aromatic rings. The lowest BCUT2D eigenvalue weighted by atomic mass is 10.0. The van der Waals surface area contributed by atoms with Gasteiger partial charge in [0.1, 0.15) is 5.60 Å². The van der Waals surface area contributed by atoms with Crippen molar-refractivity contribution in [2.75, 3.05) is 12.8 Å². The zero-order chi connectivity index (χ0) is 16.5. The summed E-state index contributed by atoms with van der Waals surface area (Å²) in [6.07, 6.45) is -0.0845. The zero-order valence-corrected chi connectivity index (χ0v) is 13.3. The van der Waals surface area contributed by atoms with Gasteiger partial charge in [0.25, 0.3) is 0 Å². The number of nitrogens with two attached hydrogens (primary N) is 1. The molecule has 0 heterocycles. The third kappa shape index (κ3) is 3.32. The van der Waals surface area contributed by atoms with Crippen LogP contribution in [0.5, 0.6) is 0 Å². The van der Waals surface area contributed by atoms with Crippen molar-refractivity contribution in [3.8, 4) is 0 Å². The highest BCUT2D eigenvalue weighted by atomic mass is 16.6. The molecule has 1 saturated carbocycles. The minimum atomic E-state index is -0.789. The Kier molecular flexibility index (Phi) is 4.04. The smallest absolute Gasteiger partial charge is 0.408 e. The number of carbonyl (C=O) groups excluding carboxylic acids is 2. The van der Waals surface area contributed by atoms with Crippen LogP contribution in [0.4, 0.5) is 10.5 Å². The molecular weight excluding hydrogens is 284 g/mol. The molecule has 0 bridgehead atoms. The van der Waals surface area contributed by atoms with Crippen LogP contribution in [0.15, 0.2) is 24.3 Å². The number of esters is 1. The summed E-state index contributed by atoms with van der Waals surface area (Å²) in [5.41, 5.74) is 5.72. The first kappa shape index (κ1) is 16.1. The van der Waals surface area contributed by atoms with Crippen LogP contribution < -0.4 is 11.1 Å². The largest absolute Gasteiger partial charge is 0.469 e. The molecule has 120 valence electrons. The summed E-state index contributed by atoms with van der Waals surface area (Å²) in [4.78, 5) is 24.0. The molecule has 1 aromatic carbocycles. The Morgan fingerprint density at radius 3 is 2.36 bits per heavy atom. The van der Waals surface area contributed by atoms with E-state index in [1.54, 1.807) is 45.0 Å². The molecule has 1 aliphatic carbocycles. The highest BCUT2D eigenvalue weighted by Crippen LogP contribution is 2.52. The molecule has 0 unspecified atom stereocenters. The van der Waals surface area contributed by atoms with Gasteiger partial charge in [-0.2, -0.15) is 0 Å². The Balaban J connectivity index is 2.23. The molecule has 0 saturated heterocycles. The van der Waals surface area contributed by atoms with E-state index in [-0.39, 0.29) is 5.97 Å². The molecule has 6 heteroatoms. The molecule has 0 radical (unpaired) electrons. The average molecular weight is 306 g/mol. The normalized spacial score (nSPS) is 23.5. The van der Waals surface area contributed by atoms with Gasteiger partial charge in [-0.05, 0) is 44.9 Å². The Bertz CT molecular complexity index is 577. The van der Waals surface area contributed by atoms with Crippen molar-refractivity contribution in [3.63, 3.8) is 0 Å². The van der Waals surface area contributed by atoms with Gasteiger partial charge in [0.15, 0.2) is 0 Å². The minimum Gasteiger partial charge on any atom is -0.469 e. The van der Waals surface area contributed by atoms with Gasteiger partial charge in [0.2, 0.25) is 0 Å². The predicted octanol–water partition coefficient (Wildman–Crippen LogP) is 2.18. The number of amides is 1. The van der Waals surface area contributed by atoms with E-state index in [1.165, 1.54) is 7.11 Å². The first-order chi connectivity index (χ1) is 10.2. The summed E-state index contributed by atoms with van der Waals surface area (Å²) in [5, 5.41) is 2.82. The molecule has 0 aliphatic heterocycles. The molecule has 1 fully saturated rings. The first-order valence-corrected chi connectivity index (χ1v) is 7.13. The second kappa shape index (κ2) is 5.51. The molecular formula is C16H22N2O4. The maximum absolute atomic E-state index is 12.1. The fourth-order valence-corrected chi connectivity index (χ4v) is 2.49. The summed E-state index contributed by atoms with van der Waals surface area (Å²) in [6.45, 7) is 5.35. The van der Waals surface area contributed by atoms with Crippen molar-refractivity contribution >= 4 is 17.7 Å². The van der Waals surface area contributed by atoms with Crippen molar-refractivity contribution in [3.05, 3.63) is 29.8 Å². The SMILES string of the molecule is COC(=O)[C@@H]1C[C@]1(NC(=O)OC(C)(C)C)c1ccc(N)cc1. The number of methoxy groups -OCH3 is 1. The number of alkyl carbamates (subject to hydrolysis) is 1. The third-order valence-corrected chi connectivity index (χ3v) is 3.60. The number of hydrogen-bond donors (Lipinski definition) is 2. The van der Waals surface area contributed by atoms with E-state index in [2.05, 4.69) is 5.32 Å². The van der Waals surface area contributed by atoms with Crippen LogP contribution in [-0.4, -0.2) is 24.8 Å². The second-order valence-electron chi connectivity index (χ2n) is 6.50. The number of benzene rings is 1. The van der Waals surface area contributed by atoms with Gasteiger partial charge >= 0.3 is 12.1 Å². The lowest BCUT2D eigenvalue weighted by Gasteiger charge is -2.24. The highest BCUT2D eigenvalue weighted by molar-refractivity contribution is 5.81. The molecule has 1 amide bonds. The summed E-state index contributed by atoms with van der Waals surface area (Å²) in [6, 6.07) is 7.08. The van der Waals surface area contributed by atoms with E-state index in [1.807, 2.05) is 0 Å². The monoisotopic (exact) mass is 306 g/mol. The predicted molar refractivity (Wildman–Crippen MR) is 82.0 cm³/mol. The van der Waals surface area contributed by atoms with E-state index in [0.29, 0.717) is 12.1 Å². The second-order valence-corrected chi connectivity index (χ2v) is 6.50. The van der Waals surface area contributed by atoms with Crippen molar-refractivity contribution in [2.45, 2.75) is 38.3 Å². The Hall–Kier alpha value is -2.24. The van der Waals surface area contributed by atoms with Crippen LogP contribution in [0.3, 0.4) is 0 Å². The zero-order valence-electron chi connectivity index (χ0n) is 13.3. The van der Waals surface area contributed by atoms with Crippen molar-refractivity contribution in [2.24, 2.45) is 5.92 Å². The van der Waals surface area contributed by atoms with Crippen LogP contribution in [-0.2, 0) is 19.8 Å². The van der Waals surface area contributed by atoms with Crippen molar-refractivity contribution < 1.29 is 19.1 Å². The maximum Gasteiger partial charge on any atom is 0.408 e. The quantitative estimate of drug-likeness (QED) is 0.660. The van der Waals surface area contributed by atoms with Gasteiger partial charge in [-0.1, -0.05) is 12.1 Å². The summed E-state index contributed by atoms with van der Waals surface area (Å²) in [5.74, 6) is -0.776. The molecule has 6 nitrogen and oxygen atoms in total. The lowest BCUT2D eigenvalue weighted by Crippen LogP contribution is -2.41. The lowest BCUT2D eigenvalue weighted by molar-refractivity contribution is -0.142. The highest BCUT2D eigenvalue weighted by Gasteiger charge is 2.61. The van der Waals surface area contributed by atoms with Crippen LogP contribution in [0, 0.1) is 5.92 Å².